The van der Waals surface area contributed by atoms with E-state index in [0.29, 0.717) is 35.8 Å². The molecule has 4 rings (SSSR count). The largest absolute Gasteiger partial charge is 0.493 e. The Morgan fingerprint density at radius 1 is 1.08 bits per heavy atom. The lowest BCUT2D eigenvalue weighted by molar-refractivity contribution is -0.118. The Bertz CT molecular complexity index is 1370. The maximum absolute atomic E-state index is 12.9. The lowest BCUT2D eigenvalue weighted by atomic mass is 10.1. The highest BCUT2D eigenvalue weighted by Gasteiger charge is 2.23. The molecule has 11 nitrogen and oxygen atoms in total. The second kappa shape index (κ2) is 12.3. The zero-order chi connectivity index (χ0) is 27.1. The number of methoxy groups -OCH3 is 3. The molecule has 0 saturated heterocycles. The van der Waals surface area contributed by atoms with Crippen LogP contribution in [-0.2, 0) is 4.79 Å². The van der Waals surface area contributed by atoms with E-state index in [-0.39, 0.29) is 23.6 Å². The van der Waals surface area contributed by atoms with Gasteiger partial charge in [-0.3, -0.25) is 25.0 Å². The van der Waals surface area contributed by atoms with E-state index < -0.39 is 0 Å². The highest BCUT2D eigenvalue weighted by molar-refractivity contribution is 7.17. The van der Waals surface area contributed by atoms with Crippen molar-refractivity contribution in [2.75, 3.05) is 41.5 Å². The number of carbonyl (C=O) groups excluding carboxylic acids is 2. The smallest absolute Gasteiger partial charge is 0.271 e. The van der Waals surface area contributed by atoms with Crippen LogP contribution in [0.1, 0.15) is 22.0 Å². The highest BCUT2D eigenvalue weighted by Crippen LogP contribution is 2.39. The minimum absolute atomic E-state index is 0.285. The molecule has 3 aromatic rings. The number of rotatable bonds is 11. The third-order valence-corrected chi connectivity index (χ3v) is 6.75. The third kappa shape index (κ3) is 5.82. The molecule has 1 atom stereocenters. The van der Waals surface area contributed by atoms with E-state index in [1.54, 1.807) is 47.9 Å². The minimum atomic E-state index is -0.383. The molecule has 0 saturated carbocycles. The Morgan fingerprint density at radius 3 is 2.63 bits per heavy atom. The zero-order valence-corrected chi connectivity index (χ0v) is 22.3. The Kier molecular flexibility index (Phi) is 8.66. The average molecular weight is 539 g/mol. The van der Waals surface area contributed by atoms with Crippen molar-refractivity contribution in [3.05, 3.63) is 64.8 Å². The summed E-state index contributed by atoms with van der Waals surface area (Å²) >= 11 is 1.65. The van der Waals surface area contributed by atoms with Crippen molar-refractivity contribution in [2.24, 2.45) is 4.99 Å². The number of hydrogen-bond acceptors (Lipinski definition) is 10. The quantitative estimate of drug-likeness (QED) is 0.274. The normalized spacial score (nSPS) is 13.7. The number of amides is 2. The van der Waals surface area contributed by atoms with Gasteiger partial charge >= 0.3 is 0 Å². The number of aliphatic imine (C=N–C) groups is 1. The number of carbonyl (C=O) groups is 2. The minimum Gasteiger partial charge on any atom is -0.493 e. The first-order chi connectivity index (χ1) is 18.5. The molecule has 200 valence electrons. The van der Waals surface area contributed by atoms with Gasteiger partial charge in [-0.25, -0.2) is 0 Å². The standard InChI is InChI=1S/C26H30N6O5S/c1-27-14-19(17-6-5-16-9-12-38-22(16)13-17)29-26(34)20-15-32(31-30-20)11-10-28-25(33)18-7-8-21(35-2)24(37-4)23(18)36-3/h5-9,12-15,19,30-31H,10-11H2,1-4H3,(H,28,33)(H,29,34). The van der Waals surface area contributed by atoms with Gasteiger partial charge in [0, 0.05) is 30.7 Å². The van der Waals surface area contributed by atoms with E-state index in [9.17, 15) is 9.59 Å². The molecule has 38 heavy (non-hydrogen) atoms. The van der Waals surface area contributed by atoms with E-state index >= 15 is 0 Å². The van der Waals surface area contributed by atoms with Crippen LogP contribution in [0, 0.1) is 0 Å². The van der Waals surface area contributed by atoms with Crippen LogP contribution in [0.5, 0.6) is 17.2 Å². The van der Waals surface area contributed by atoms with Gasteiger partial charge in [0.25, 0.3) is 11.8 Å². The Balaban J connectivity index is 1.34. The third-order valence-electron chi connectivity index (χ3n) is 5.87. The highest BCUT2D eigenvalue weighted by atomic mass is 32.1. The lowest BCUT2D eigenvalue weighted by Gasteiger charge is -2.17. The average Bonchev–Trinajstić information content (AvgIpc) is 3.61. The molecule has 0 spiro atoms. The van der Waals surface area contributed by atoms with E-state index in [2.05, 4.69) is 38.7 Å². The van der Waals surface area contributed by atoms with E-state index in [0.717, 1.165) is 15.6 Å². The summed E-state index contributed by atoms with van der Waals surface area (Å²) < 4.78 is 17.1. The maximum atomic E-state index is 12.9. The maximum Gasteiger partial charge on any atom is 0.271 e. The Hall–Kier alpha value is -4.29. The number of ether oxygens (including phenoxy) is 3. The fraction of sp³-hybridized carbons (Fsp3) is 0.269. The SMILES string of the molecule is CN=CC(NC(=O)C1=CN(CCNC(=O)c2ccc(OC)c(OC)c2OC)NN1)c1ccc2ccsc2c1. The topological polar surface area (TPSA) is 126 Å². The van der Waals surface area contributed by atoms with Crippen LogP contribution < -0.4 is 35.8 Å². The summed E-state index contributed by atoms with van der Waals surface area (Å²) in [4.78, 5) is 29.9. The van der Waals surface area contributed by atoms with Crippen LogP contribution in [0.4, 0.5) is 0 Å². The van der Waals surface area contributed by atoms with Gasteiger partial charge in [0.05, 0.1) is 39.5 Å². The summed E-state index contributed by atoms with van der Waals surface area (Å²) in [6.07, 6.45) is 3.34. The summed E-state index contributed by atoms with van der Waals surface area (Å²) in [5.74, 6) is 0.459. The zero-order valence-electron chi connectivity index (χ0n) is 21.5. The van der Waals surface area contributed by atoms with Crippen LogP contribution in [0.3, 0.4) is 0 Å². The van der Waals surface area contributed by atoms with Crippen molar-refractivity contribution < 1.29 is 23.8 Å². The second-order valence-corrected chi connectivity index (χ2v) is 9.13. The van der Waals surface area contributed by atoms with Gasteiger partial charge in [0.15, 0.2) is 11.5 Å². The summed E-state index contributed by atoms with van der Waals surface area (Å²) in [5, 5.41) is 10.7. The monoisotopic (exact) mass is 538 g/mol. The number of fused-ring (bicyclic) bond motifs is 1. The molecule has 0 aliphatic carbocycles. The molecule has 1 aromatic heterocycles. The van der Waals surface area contributed by atoms with Gasteiger partial charge in [-0.2, -0.15) is 0 Å². The first kappa shape index (κ1) is 26.8. The second-order valence-electron chi connectivity index (χ2n) is 8.19. The van der Waals surface area contributed by atoms with Crippen LogP contribution in [0.25, 0.3) is 10.1 Å². The molecule has 0 fully saturated rings. The fourth-order valence-electron chi connectivity index (χ4n) is 3.99. The molecule has 12 heteroatoms. The van der Waals surface area contributed by atoms with Crippen molar-refractivity contribution >= 4 is 39.5 Å². The predicted molar refractivity (Wildman–Crippen MR) is 147 cm³/mol. The Morgan fingerprint density at radius 2 is 1.89 bits per heavy atom. The molecule has 1 unspecified atom stereocenters. The van der Waals surface area contributed by atoms with Gasteiger partial charge in [0.1, 0.15) is 5.70 Å². The fourth-order valence-corrected chi connectivity index (χ4v) is 4.83. The number of hydrogen-bond donors (Lipinski definition) is 4. The number of thiophene rings is 1. The van der Waals surface area contributed by atoms with Crippen LogP contribution in [0.15, 0.2) is 58.7 Å². The van der Waals surface area contributed by atoms with Crippen LogP contribution in [-0.4, -0.2) is 64.5 Å². The van der Waals surface area contributed by atoms with Gasteiger partial charge in [0.2, 0.25) is 5.75 Å². The molecular formula is C26H30N6O5S. The summed E-state index contributed by atoms with van der Waals surface area (Å²) in [5.41, 5.74) is 7.37. The molecule has 0 radical (unpaired) electrons. The summed E-state index contributed by atoms with van der Waals surface area (Å²) in [6, 6.07) is 11.0. The number of benzene rings is 2. The first-order valence-electron chi connectivity index (χ1n) is 11.8. The summed E-state index contributed by atoms with van der Waals surface area (Å²) in [6.45, 7) is 0.683. The van der Waals surface area contributed by atoms with Gasteiger partial charge in [-0.15, -0.1) is 16.9 Å². The molecule has 2 heterocycles. The number of nitrogens with one attached hydrogen (secondary N) is 4. The Labute approximate surface area is 224 Å². The molecule has 2 amide bonds. The van der Waals surface area contributed by atoms with Crippen LogP contribution in [0.2, 0.25) is 0 Å². The molecule has 1 aliphatic rings. The summed E-state index contributed by atoms with van der Waals surface area (Å²) in [7, 11) is 6.12. The van der Waals surface area contributed by atoms with Gasteiger partial charge < -0.3 is 24.8 Å². The van der Waals surface area contributed by atoms with Crippen molar-refractivity contribution in [2.45, 2.75) is 6.04 Å². The van der Waals surface area contributed by atoms with E-state index in [4.69, 9.17) is 14.2 Å². The predicted octanol–water partition coefficient (Wildman–Crippen LogP) is 2.38. The number of hydrazine groups is 2. The number of nitrogens with zero attached hydrogens (tertiary/aromatic N) is 2. The van der Waals surface area contributed by atoms with Gasteiger partial charge in [-0.05, 0) is 40.6 Å². The molecule has 4 N–H and O–H groups in total. The molecule has 1 aliphatic heterocycles. The van der Waals surface area contributed by atoms with Crippen molar-refractivity contribution in [3.8, 4) is 17.2 Å². The van der Waals surface area contributed by atoms with E-state index in [1.165, 1.54) is 21.3 Å². The van der Waals surface area contributed by atoms with Crippen LogP contribution >= 0.6 is 11.3 Å². The molecule has 2 aromatic carbocycles. The van der Waals surface area contributed by atoms with Crippen molar-refractivity contribution in [1.82, 2.24) is 26.6 Å². The van der Waals surface area contributed by atoms with Gasteiger partial charge in [-0.1, -0.05) is 12.1 Å². The lowest BCUT2D eigenvalue weighted by Crippen LogP contribution is -2.42. The first-order valence-corrected chi connectivity index (χ1v) is 12.6. The van der Waals surface area contributed by atoms with Crippen molar-refractivity contribution in [3.63, 3.8) is 0 Å². The molecule has 0 bridgehead atoms. The van der Waals surface area contributed by atoms with Crippen molar-refractivity contribution in [1.29, 1.82) is 0 Å². The van der Waals surface area contributed by atoms with E-state index in [1.807, 2.05) is 17.5 Å². The molecular weight excluding hydrogens is 508 g/mol.